The zero-order chi connectivity index (χ0) is 17.7. The molecule has 1 heterocycles. The normalized spacial score (nSPS) is 18.1. The maximum Gasteiger partial charge on any atom is 0.237 e. The van der Waals surface area contributed by atoms with Crippen LogP contribution in [0.2, 0.25) is 5.02 Å². The van der Waals surface area contributed by atoms with Gasteiger partial charge in [-0.2, -0.15) is 0 Å². The third-order valence-electron chi connectivity index (χ3n) is 3.65. The van der Waals surface area contributed by atoms with Gasteiger partial charge in [-0.1, -0.05) is 17.7 Å². The second-order valence-electron chi connectivity index (χ2n) is 5.47. The van der Waals surface area contributed by atoms with Gasteiger partial charge < -0.3 is 16.4 Å². The van der Waals surface area contributed by atoms with Crippen LogP contribution in [0.5, 0.6) is 0 Å². The van der Waals surface area contributed by atoms with E-state index in [9.17, 15) is 18.8 Å². The lowest BCUT2D eigenvalue weighted by molar-refractivity contribution is -0.134. The van der Waals surface area contributed by atoms with Gasteiger partial charge >= 0.3 is 0 Å². The van der Waals surface area contributed by atoms with E-state index in [2.05, 4.69) is 10.6 Å². The molecule has 0 bridgehead atoms. The van der Waals surface area contributed by atoms with E-state index < -0.39 is 23.7 Å². The first-order chi connectivity index (χ1) is 11.4. The predicted octanol–water partition coefficient (Wildman–Crippen LogP) is -0.229. The number of carbonyl (C=O) groups excluding carboxylic acids is 3. The maximum atomic E-state index is 13.6. The molecule has 1 fully saturated rings. The Bertz CT molecular complexity index is 656. The van der Waals surface area contributed by atoms with Crippen molar-refractivity contribution < 1.29 is 18.8 Å². The zero-order valence-corrected chi connectivity index (χ0v) is 13.6. The highest BCUT2D eigenvalue weighted by molar-refractivity contribution is 6.30. The molecule has 0 aromatic heterocycles. The average Bonchev–Trinajstić information content (AvgIpc) is 2.52. The molecular formula is C15H18ClFN4O3. The molecule has 7 nitrogen and oxygen atoms in total. The highest BCUT2D eigenvalue weighted by atomic mass is 35.5. The van der Waals surface area contributed by atoms with E-state index in [1.165, 1.54) is 12.1 Å². The molecule has 4 N–H and O–H groups in total. The second kappa shape index (κ2) is 8.07. The van der Waals surface area contributed by atoms with Crippen molar-refractivity contribution in [3.05, 3.63) is 34.6 Å². The number of hydrogen-bond acceptors (Lipinski definition) is 4. The maximum absolute atomic E-state index is 13.6. The Morgan fingerprint density at radius 3 is 2.88 bits per heavy atom. The summed E-state index contributed by atoms with van der Waals surface area (Å²) < 4.78 is 13.6. The van der Waals surface area contributed by atoms with Crippen molar-refractivity contribution in [2.24, 2.45) is 5.73 Å². The number of halogens is 2. The summed E-state index contributed by atoms with van der Waals surface area (Å²) in [5, 5.41) is 5.07. The van der Waals surface area contributed by atoms with E-state index in [1.54, 1.807) is 11.0 Å². The molecule has 9 heteroatoms. The van der Waals surface area contributed by atoms with Crippen LogP contribution in [0.15, 0.2) is 18.2 Å². The first-order valence-corrected chi connectivity index (χ1v) is 7.75. The first-order valence-electron chi connectivity index (χ1n) is 7.37. The minimum atomic E-state index is -0.703. The Kier molecular flexibility index (Phi) is 6.10. The average molecular weight is 357 g/mol. The van der Waals surface area contributed by atoms with Gasteiger partial charge in [0.05, 0.1) is 24.0 Å². The van der Waals surface area contributed by atoms with Gasteiger partial charge in [0.2, 0.25) is 17.7 Å². The van der Waals surface area contributed by atoms with Crippen molar-refractivity contribution in [2.75, 3.05) is 19.6 Å². The molecule has 130 valence electrons. The van der Waals surface area contributed by atoms with Gasteiger partial charge in [-0.05, 0) is 17.7 Å². The summed E-state index contributed by atoms with van der Waals surface area (Å²) in [6.07, 6.45) is -0.116. The standard InChI is InChI=1S/C15H18ClFN4O3/c16-10-2-1-9(5-11(10)17)8-21-4-3-19-15(24)12(21)6-14(23)20-7-13(18)22/h1-2,5,12H,3-4,6-8H2,(H2,18,22)(H,19,24)(H,20,23)/t12-/m1/s1. The van der Waals surface area contributed by atoms with Crippen LogP contribution in [0, 0.1) is 5.82 Å². The monoisotopic (exact) mass is 356 g/mol. The van der Waals surface area contributed by atoms with Gasteiger partial charge in [-0.3, -0.25) is 19.3 Å². The largest absolute Gasteiger partial charge is 0.368 e. The number of nitrogens with one attached hydrogen (secondary N) is 2. The van der Waals surface area contributed by atoms with Crippen LogP contribution in [0.1, 0.15) is 12.0 Å². The Morgan fingerprint density at radius 2 is 2.21 bits per heavy atom. The third kappa shape index (κ3) is 4.90. The molecule has 0 aliphatic carbocycles. The topological polar surface area (TPSA) is 105 Å². The van der Waals surface area contributed by atoms with Crippen LogP contribution in [0.3, 0.4) is 0 Å². The van der Waals surface area contributed by atoms with E-state index in [-0.39, 0.29) is 23.9 Å². The van der Waals surface area contributed by atoms with Crippen LogP contribution in [-0.2, 0) is 20.9 Å². The highest BCUT2D eigenvalue weighted by Gasteiger charge is 2.31. The summed E-state index contributed by atoms with van der Waals surface area (Å²) in [4.78, 5) is 36.4. The summed E-state index contributed by atoms with van der Waals surface area (Å²) in [5.41, 5.74) is 5.61. The van der Waals surface area contributed by atoms with Crippen molar-refractivity contribution >= 4 is 29.3 Å². The fourth-order valence-electron chi connectivity index (χ4n) is 2.48. The predicted molar refractivity (Wildman–Crippen MR) is 85.4 cm³/mol. The number of hydrogen-bond donors (Lipinski definition) is 3. The summed E-state index contributed by atoms with van der Waals surface area (Å²) in [6, 6.07) is 3.72. The van der Waals surface area contributed by atoms with Gasteiger partial charge in [0, 0.05) is 19.6 Å². The lowest BCUT2D eigenvalue weighted by Crippen LogP contribution is -2.56. The lowest BCUT2D eigenvalue weighted by atomic mass is 10.1. The van der Waals surface area contributed by atoms with Gasteiger partial charge in [-0.15, -0.1) is 0 Å². The van der Waals surface area contributed by atoms with Crippen LogP contribution >= 0.6 is 11.6 Å². The molecule has 24 heavy (non-hydrogen) atoms. The molecule has 0 radical (unpaired) electrons. The lowest BCUT2D eigenvalue weighted by Gasteiger charge is -2.34. The van der Waals surface area contributed by atoms with Crippen molar-refractivity contribution in [1.29, 1.82) is 0 Å². The first kappa shape index (κ1) is 18.2. The van der Waals surface area contributed by atoms with Crippen molar-refractivity contribution in [3.8, 4) is 0 Å². The van der Waals surface area contributed by atoms with Crippen molar-refractivity contribution in [3.63, 3.8) is 0 Å². The molecule has 1 aromatic carbocycles. The summed E-state index contributed by atoms with van der Waals surface area (Å²) >= 11 is 5.66. The number of rotatable bonds is 6. The molecule has 1 atom stereocenters. The summed E-state index contributed by atoms with van der Waals surface area (Å²) in [6.45, 7) is 0.975. The van der Waals surface area contributed by atoms with Gasteiger partial charge in [0.1, 0.15) is 5.82 Å². The summed E-state index contributed by atoms with van der Waals surface area (Å²) in [7, 11) is 0. The van der Waals surface area contributed by atoms with Crippen molar-refractivity contribution in [1.82, 2.24) is 15.5 Å². The van der Waals surface area contributed by atoms with Crippen LogP contribution in [-0.4, -0.2) is 48.3 Å². The fourth-order valence-corrected chi connectivity index (χ4v) is 2.60. The highest BCUT2D eigenvalue weighted by Crippen LogP contribution is 2.19. The number of nitrogens with two attached hydrogens (primary N) is 1. The fraction of sp³-hybridized carbons (Fsp3) is 0.400. The Morgan fingerprint density at radius 1 is 1.46 bits per heavy atom. The number of amides is 3. The number of benzene rings is 1. The SMILES string of the molecule is NC(=O)CNC(=O)C[C@@H]1C(=O)NCCN1Cc1ccc(Cl)c(F)c1. The number of piperazine rings is 1. The Hall–Kier alpha value is -2.19. The van der Waals surface area contributed by atoms with Crippen LogP contribution in [0.25, 0.3) is 0 Å². The van der Waals surface area contributed by atoms with Gasteiger partial charge in [-0.25, -0.2) is 4.39 Å². The van der Waals surface area contributed by atoms with E-state index in [0.717, 1.165) is 0 Å². The number of primary amides is 1. The third-order valence-corrected chi connectivity index (χ3v) is 3.96. The minimum Gasteiger partial charge on any atom is -0.368 e. The van der Waals surface area contributed by atoms with E-state index in [1.807, 2.05) is 0 Å². The van der Waals surface area contributed by atoms with Crippen molar-refractivity contribution in [2.45, 2.75) is 19.0 Å². The Labute approximate surface area is 143 Å². The zero-order valence-electron chi connectivity index (χ0n) is 12.9. The van der Waals surface area contributed by atoms with E-state index >= 15 is 0 Å². The van der Waals surface area contributed by atoms with E-state index in [4.69, 9.17) is 17.3 Å². The minimum absolute atomic E-state index is 0.0255. The molecule has 0 spiro atoms. The van der Waals surface area contributed by atoms with E-state index in [0.29, 0.717) is 25.2 Å². The van der Waals surface area contributed by atoms with Crippen LogP contribution in [0.4, 0.5) is 4.39 Å². The second-order valence-corrected chi connectivity index (χ2v) is 5.88. The molecule has 1 aliphatic heterocycles. The molecule has 1 aromatic rings. The molecular weight excluding hydrogens is 339 g/mol. The molecule has 2 rings (SSSR count). The van der Waals surface area contributed by atoms with Crippen LogP contribution < -0.4 is 16.4 Å². The number of nitrogens with zero attached hydrogens (tertiary/aromatic N) is 1. The number of carbonyl (C=O) groups is 3. The Balaban J connectivity index is 2.04. The molecule has 0 unspecified atom stereocenters. The smallest absolute Gasteiger partial charge is 0.237 e. The summed E-state index contributed by atoms with van der Waals surface area (Å²) in [5.74, 6) is -1.94. The molecule has 1 saturated heterocycles. The quantitative estimate of drug-likeness (QED) is 0.655. The van der Waals surface area contributed by atoms with Gasteiger partial charge in [0.25, 0.3) is 0 Å². The molecule has 0 saturated carbocycles. The molecule has 3 amide bonds. The molecule has 1 aliphatic rings. The van der Waals surface area contributed by atoms with Gasteiger partial charge in [0.15, 0.2) is 0 Å².